The number of nitrogens with zero attached hydrogens (tertiary/aromatic N) is 5. The van der Waals surface area contributed by atoms with Gasteiger partial charge in [-0.25, -0.2) is 4.98 Å². The van der Waals surface area contributed by atoms with E-state index in [9.17, 15) is 0 Å². The summed E-state index contributed by atoms with van der Waals surface area (Å²) in [6, 6.07) is 8.60. The van der Waals surface area contributed by atoms with Crippen LogP contribution in [0.25, 0.3) is 0 Å². The molecule has 0 radical (unpaired) electrons. The standard InChI is InChI=1S/C15H20N6/c1-16-15(17-9-14-18-11-19-20(14)2)21-8-7-12-5-3-4-6-13(12)10-21/h3-6,11H,7-10H2,1-2H3,(H,16,17). The summed E-state index contributed by atoms with van der Waals surface area (Å²) >= 11 is 0. The van der Waals surface area contributed by atoms with Crippen LogP contribution in [0.1, 0.15) is 17.0 Å². The third kappa shape index (κ3) is 2.89. The Morgan fingerprint density at radius 1 is 1.33 bits per heavy atom. The van der Waals surface area contributed by atoms with Crippen molar-refractivity contribution in [3.05, 3.63) is 47.5 Å². The van der Waals surface area contributed by atoms with Crippen LogP contribution in [0.5, 0.6) is 0 Å². The Bertz CT molecular complexity index is 645. The second kappa shape index (κ2) is 5.95. The Kier molecular flexibility index (Phi) is 3.85. The van der Waals surface area contributed by atoms with Crippen molar-refractivity contribution in [2.75, 3.05) is 13.6 Å². The highest BCUT2D eigenvalue weighted by Gasteiger charge is 2.18. The van der Waals surface area contributed by atoms with Crippen molar-refractivity contribution in [3.8, 4) is 0 Å². The number of rotatable bonds is 2. The van der Waals surface area contributed by atoms with Gasteiger partial charge in [-0.3, -0.25) is 9.67 Å². The fourth-order valence-corrected chi connectivity index (χ4v) is 2.65. The van der Waals surface area contributed by atoms with Gasteiger partial charge in [0.2, 0.25) is 0 Å². The molecule has 0 aliphatic carbocycles. The van der Waals surface area contributed by atoms with Crippen molar-refractivity contribution in [3.63, 3.8) is 0 Å². The minimum absolute atomic E-state index is 0.626. The number of guanidine groups is 1. The predicted molar refractivity (Wildman–Crippen MR) is 81.8 cm³/mol. The van der Waals surface area contributed by atoms with Gasteiger partial charge in [0.25, 0.3) is 0 Å². The van der Waals surface area contributed by atoms with Gasteiger partial charge >= 0.3 is 0 Å². The van der Waals surface area contributed by atoms with E-state index in [4.69, 9.17) is 0 Å². The molecule has 1 N–H and O–H groups in total. The zero-order valence-corrected chi connectivity index (χ0v) is 12.5. The Balaban J connectivity index is 1.67. The van der Waals surface area contributed by atoms with Crippen LogP contribution in [0.4, 0.5) is 0 Å². The maximum atomic E-state index is 4.39. The van der Waals surface area contributed by atoms with Crippen LogP contribution in [-0.2, 0) is 26.6 Å². The summed E-state index contributed by atoms with van der Waals surface area (Å²) in [5.41, 5.74) is 2.82. The van der Waals surface area contributed by atoms with Crippen molar-refractivity contribution in [1.29, 1.82) is 0 Å². The zero-order chi connectivity index (χ0) is 14.7. The van der Waals surface area contributed by atoms with Crippen molar-refractivity contribution < 1.29 is 0 Å². The fourth-order valence-electron chi connectivity index (χ4n) is 2.65. The first kappa shape index (κ1) is 13.6. The monoisotopic (exact) mass is 284 g/mol. The minimum Gasteiger partial charge on any atom is -0.349 e. The van der Waals surface area contributed by atoms with Crippen LogP contribution in [0.2, 0.25) is 0 Å². The van der Waals surface area contributed by atoms with Gasteiger partial charge in [0.1, 0.15) is 12.2 Å². The van der Waals surface area contributed by atoms with E-state index in [1.165, 1.54) is 11.1 Å². The molecule has 0 amide bonds. The summed E-state index contributed by atoms with van der Waals surface area (Å²) < 4.78 is 1.77. The fraction of sp³-hybridized carbons (Fsp3) is 0.400. The normalized spacial score (nSPS) is 15.0. The second-order valence-corrected chi connectivity index (χ2v) is 5.14. The van der Waals surface area contributed by atoms with Crippen LogP contribution in [0.15, 0.2) is 35.6 Å². The molecule has 110 valence electrons. The molecule has 0 saturated carbocycles. The average molecular weight is 284 g/mol. The molecule has 0 fully saturated rings. The van der Waals surface area contributed by atoms with Crippen molar-refractivity contribution in [2.45, 2.75) is 19.5 Å². The molecule has 0 unspecified atom stereocenters. The molecule has 3 rings (SSSR count). The molecule has 1 aromatic carbocycles. The number of aromatic nitrogens is 3. The van der Waals surface area contributed by atoms with E-state index in [1.807, 2.05) is 14.1 Å². The number of aryl methyl sites for hydroxylation is 1. The lowest BCUT2D eigenvalue weighted by atomic mass is 10.0. The van der Waals surface area contributed by atoms with Gasteiger partial charge in [-0.05, 0) is 17.5 Å². The van der Waals surface area contributed by atoms with E-state index in [-0.39, 0.29) is 0 Å². The first-order valence-corrected chi connectivity index (χ1v) is 7.13. The molecule has 0 saturated heterocycles. The van der Waals surface area contributed by atoms with Crippen molar-refractivity contribution >= 4 is 5.96 Å². The number of fused-ring (bicyclic) bond motifs is 1. The highest BCUT2D eigenvalue weighted by Crippen LogP contribution is 2.18. The Morgan fingerprint density at radius 3 is 2.86 bits per heavy atom. The number of benzene rings is 1. The van der Waals surface area contributed by atoms with Gasteiger partial charge in [-0.15, -0.1) is 0 Å². The summed E-state index contributed by atoms with van der Waals surface area (Å²) in [4.78, 5) is 10.9. The van der Waals surface area contributed by atoms with Gasteiger partial charge < -0.3 is 10.2 Å². The molecular weight excluding hydrogens is 264 g/mol. The third-order valence-electron chi connectivity index (χ3n) is 3.85. The molecule has 1 aliphatic heterocycles. The molecule has 2 aromatic rings. The highest BCUT2D eigenvalue weighted by molar-refractivity contribution is 5.80. The van der Waals surface area contributed by atoms with Crippen LogP contribution in [0.3, 0.4) is 0 Å². The molecule has 6 heteroatoms. The molecule has 2 heterocycles. The van der Waals surface area contributed by atoms with E-state index in [0.29, 0.717) is 6.54 Å². The Hall–Kier alpha value is -2.37. The van der Waals surface area contributed by atoms with Gasteiger partial charge in [0.05, 0.1) is 6.54 Å². The summed E-state index contributed by atoms with van der Waals surface area (Å²) in [7, 11) is 3.71. The lowest BCUT2D eigenvalue weighted by molar-refractivity contribution is 0.377. The summed E-state index contributed by atoms with van der Waals surface area (Å²) in [5, 5.41) is 7.44. The average Bonchev–Trinajstić information content (AvgIpc) is 2.93. The van der Waals surface area contributed by atoms with E-state index in [1.54, 1.807) is 11.0 Å². The molecule has 0 bridgehead atoms. The maximum absolute atomic E-state index is 4.39. The lowest BCUT2D eigenvalue weighted by Gasteiger charge is -2.31. The largest absolute Gasteiger partial charge is 0.349 e. The smallest absolute Gasteiger partial charge is 0.194 e. The molecule has 21 heavy (non-hydrogen) atoms. The lowest BCUT2D eigenvalue weighted by Crippen LogP contribution is -2.44. The van der Waals surface area contributed by atoms with Crippen molar-refractivity contribution in [2.24, 2.45) is 12.0 Å². The second-order valence-electron chi connectivity index (χ2n) is 5.14. The molecule has 1 aliphatic rings. The molecule has 0 spiro atoms. The number of hydrogen-bond acceptors (Lipinski definition) is 3. The Labute approximate surface area is 124 Å². The van der Waals surface area contributed by atoms with Gasteiger partial charge in [-0.1, -0.05) is 24.3 Å². The predicted octanol–water partition coefficient (Wildman–Crippen LogP) is 0.949. The zero-order valence-electron chi connectivity index (χ0n) is 12.5. The van der Waals surface area contributed by atoms with Gasteiger partial charge in [0, 0.05) is 27.2 Å². The topological polar surface area (TPSA) is 58.3 Å². The molecule has 1 aromatic heterocycles. The summed E-state index contributed by atoms with van der Waals surface area (Å²) in [5.74, 6) is 1.81. The van der Waals surface area contributed by atoms with Crippen LogP contribution in [0, 0.1) is 0 Å². The first-order chi connectivity index (χ1) is 10.3. The van der Waals surface area contributed by atoms with Gasteiger partial charge in [-0.2, -0.15) is 5.10 Å². The number of nitrogens with one attached hydrogen (secondary N) is 1. The Morgan fingerprint density at radius 2 is 2.14 bits per heavy atom. The minimum atomic E-state index is 0.626. The summed E-state index contributed by atoms with van der Waals surface area (Å²) in [6.07, 6.45) is 2.62. The SMILES string of the molecule is CN=C(NCc1ncnn1C)N1CCc2ccccc2C1. The van der Waals surface area contributed by atoms with E-state index in [0.717, 1.165) is 31.3 Å². The molecule has 0 atom stereocenters. The number of aliphatic imine (C=N–C) groups is 1. The first-order valence-electron chi connectivity index (χ1n) is 7.13. The molecular formula is C15H20N6. The van der Waals surface area contributed by atoms with Gasteiger partial charge in [0.15, 0.2) is 5.96 Å². The maximum Gasteiger partial charge on any atom is 0.194 e. The van der Waals surface area contributed by atoms with Crippen LogP contribution >= 0.6 is 0 Å². The van der Waals surface area contributed by atoms with Crippen LogP contribution < -0.4 is 5.32 Å². The van der Waals surface area contributed by atoms with E-state index >= 15 is 0 Å². The van der Waals surface area contributed by atoms with Crippen LogP contribution in [-0.4, -0.2) is 39.2 Å². The molecule has 6 nitrogen and oxygen atoms in total. The highest BCUT2D eigenvalue weighted by atomic mass is 15.3. The summed E-state index contributed by atoms with van der Waals surface area (Å²) in [6.45, 7) is 2.51. The van der Waals surface area contributed by atoms with Crippen molar-refractivity contribution in [1.82, 2.24) is 25.0 Å². The number of hydrogen-bond donors (Lipinski definition) is 1. The quantitative estimate of drug-likeness (QED) is 0.659. The van der Waals surface area contributed by atoms with E-state index in [2.05, 4.69) is 49.6 Å². The van der Waals surface area contributed by atoms with E-state index < -0.39 is 0 Å². The third-order valence-corrected chi connectivity index (χ3v) is 3.85.